The minimum absolute atomic E-state index is 0.0294. The maximum atomic E-state index is 12.8. The van der Waals surface area contributed by atoms with E-state index in [-0.39, 0.29) is 11.5 Å². The summed E-state index contributed by atoms with van der Waals surface area (Å²) in [5, 5.41) is 0.783. The van der Waals surface area contributed by atoms with Crippen molar-refractivity contribution in [3.8, 4) is 0 Å². The number of carbonyl (C=O) groups excluding carboxylic acids is 1. The Kier molecular flexibility index (Phi) is 5.29. The Balaban J connectivity index is 1.74. The molecule has 5 nitrogen and oxygen atoms in total. The van der Waals surface area contributed by atoms with E-state index in [0.717, 1.165) is 35.0 Å². The summed E-state index contributed by atoms with van der Waals surface area (Å²) in [5.41, 5.74) is 1.98. The van der Waals surface area contributed by atoms with Crippen molar-refractivity contribution in [1.29, 1.82) is 0 Å². The van der Waals surface area contributed by atoms with Gasteiger partial charge < -0.3 is 9.88 Å². The lowest BCUT2D eigenvalue weighted by Gasteiger charge is -2.20. The number of aromatic nitrogens is 2. The molecule has 1 aliphatic carbocycles. The van der Waals surface area contributed by atoms with Gasteiger partial charge in [0.15, 0.2) is 5.16 Å². The number of aromatic amines is 1. The van der Waals surface area contributed by atoms with Crippen LogP contribution in [0.15, 0.2) is 40.3 Å². The first-order valence-corrected chi connectivity index (χ1v) is 11.1. The Labute approximate surface area is 172 Å². The topological polar surface area (TPSA) is 66.1 Å². The number of benzene rings is 1. The smallest absolute Gasteiger partial charge is 0.260 e. The minimum Gasteiger partial charge on any atom is -0.348 e. The molecule has 7 heteroatoms. The number of aryl methyl sites for hydroxylation is 1. The molecule has 4 rings (SSSR count). The van der Waals surface area contributed by atoms with Crippen molar-refractivity contribution in [3.05, 3.63) is 56.7 Å². The highest BCUT2D eigenvalue weighted by molar-refractivity contribution is 8.00. The quantitative estimate of drug-likeness (QED) is 0.518. The summed E-state index contributed by atoms with van der Waals surface area (Å²) in [6.45, 7) is 2.25. The van der Waals surface area contributed by atoms with E-state index in [1.165, 1.54) is 22.2 Å². The van der Waals surface area contributed by atoms with E-state index in [1.54, 1.807) is 30.3 Å². The van der Waals surface area contributed by atoms with Crippen molar-refractivity contribution < 1.29 is 4.79 Å². The minimum atomic E-state index is -0.452. The van der Waals surface area contributed by atoms with E-state index < -0.39 is 5.25 Å². The third-order valence-electron chi connectivity index (χ3n) is 5.14. The van der Waals surface area contributed by atoms with Gasteiger partial charge in [-0.15, -0.1) is 11.3 Å². The van der Waals surface area contributed by atoms with Gasteiger partial charge in [0.25, 0.3) is 5.56 Å². The van der Waals surface area contributed by atoms with E-state index >= 15 is 0 Å². The van der Waals surface area contributed by atoms with Crippen molar-refractivity contribution in [2.75, 3.05) is 14.1 Å². The molecule has 1 amide bonds. The van der Waals surface area contributed by atoms with Crippen LogP contribution in [0.1, 0.15) is 34.6 Å². The Hall–Kier alpha value is -2.12. The molecule has 0 fully saturated rings. The standard InChI is InChI=1S/C21H23N3O2S2/c1-12-9-10-14-15(11-12)27-19-16(14)18(25)22-21(23-19)28-17(20(26)24(2)3)13-7-5-4-6-8-13/h4-8,12,17H,9-11H2,1-3H3,(H,22,23,25)/t12-,17+/m0/s1. The van der Waals surface area contributed by atoms with Crippen LogP contribution in [0.4, 0.5) is 0 Å². The van der Waals surface area contributed by atoms with Gasteiger partial charge in [0.05, 0.1) is 5.39 Å². The number of amides is 1. The molecule has 1 N–H and O–H groups in total. The second-order valence-corrected chi connectivity index (χ2v) is 9.72. The largest absolute Gasteiger partial charge is 0.348 e. The van der Waals surface area contributed by atoms with Crippen molar-refractivity contribution in [2.24, 2.45) is 5.92 Å². The number of nitrogens with zero attached hydrogens (tertiary/aromatic N) is 2. The van der Waals surface area contributed by atoms with Crippen LogP contribution in [-0.4, -0.2) is 34.9 Å². The third kappa shape index (κ3) is 3.61. The number of hydrogen-bond donors (Lipinski definition) is 1. The van der Waals surface area contributed by atoms with Gasteiger partial charge in [-0.2, -0.15) is 0 Å². The predicted octanol–water partition coefficient (Wildman–Crippen LogP) is 4.03. The van der Waals surface area contributed by atoms with Gasteiger partial charge in [0.2, 0.25) is 5.91 Å². The first kappa shape index (κ1) is 19.2. The Morgan fingerprint density at radius 3 is 2.79 bits per heavy atom. The summed E-state index contributed by atoms with van der Waals surface area (Å²) < 4.78 is 0. The molecule has 1 aromatic carbocycles. The maximum absolute atomic E-state index is 12.8. The molecule has 146 valence electrons. The first-order valence-electron chi connectivity index (χ1n) is 9.41. The molecular formula is C21H23N3O2S2. The predicted molar refractivity (Wildman–Crippen MR) is 115 cm³/mol. The molecule has 0 saturated carbocycles. The summed E-state index contributed by atoms with van der Waals surface area (Å²) in [4.78, 5) is 36.9. The second-order valence-electron chi connectivity index (χ2n) is 7.54. The molecule has 2 heterocycles. The summed E-state index contributed by atoms with van der Waals surface area (Å²) in [6.07, 6.45) is 3.08. The van der Waals surface area contributed by atoms with Gasteiger partial charge in [0.1, 0.15) is 10.1 Å². The zero-order valence-electron chi connectivity index (χ0n) is 16.2. The molecule has 0 radical (unpaired) electrons. The maximum Gasteiger partial charge on any atom is 0.260 e. The van der Waals surface area contributed by atoms with Crippen LogP contribution in [0.5, 0.6) is 0 Å². The summed E-state index contributed by atoms with van der Waals surface area (Å²) in [7, 11) is 3.49. The van der Waals surface area contributed by atoms with E-state index in [1.807, 2.05) is 30.3 Å². The average molecular weight is 414 g/mol. The van der Waals surface area contributed by atoms with Crippen LogP contribution in [0, 0.1) is 5.92 Å². The number of fused-ring (bicyclic) bond motifs is 3. The zero-order valence-corrected chi connectivity index (χ0v) is 17.8. The lowest BCUT2D eigenvalue weighted by atomic mass is 9.89. The molecule has 2 aromatic heterocycles. The van der Waals surface area contributed by atoms with Crippen LogP contribution in [0.25, 0.3) is 10.2 Å². The molecular weight excluding hydrogens is 390 g/mol. The molecule has 28 heavy (non-hydrogen) atoms. The third-order valence-corrected chi connectivity index (χ3v) is 7.41. The number of nitrogens with one attached hydrogen (secondary N) is 1. The molecule has 1 aliphatic rings. The lowest BCUT2D eigenvalue weighted by Crippen LogP contribution is -2.27. The van der Waals surface area contributed by atoms with Crippen LogP contribution in [0.2, 0.25) is 0 Å². The fourth-order valence-electron chi connectivity index (χ4n) is 3.62. The average Bonchev–Trinajstić information content (AvgIpc) is 3.03. The number of carbonyl (C=O) groups is 1. The van der Waals surface area contributed by atoms with Crippen molar-refractivity contribution in [3.63, 3.8) is 0 Å². The highest BCUT2D eigenvalue weighted by Gasteiger charge is 2.27. The van der Waals surface area contributed by atoms with Gasteiger partial charge in [-0.25, -0.2) is 4.98 Å². The summed E-state index contributed by atoms with van der Waals surface area (Å²) >= 11 is 2.93. The monoisotopic (exact) mass is 413 g/mol. The van der Waals surface area contributed by atoms with Gasteiger partial charge in [-0.3, -0.25) is 9.59 Å². The van der Waals surface area contributed by atoms with Gasteiger partial charge in [-0.1, -0.05) is 49.0 Å². The van der Waals surface area contributed by atoms with Crippen LogP contribution >= 0.6 is 23.1 Å². The SMILES string of the molecule is C[C@H]1CCc2c(sc3nc(S[C@@H](C(=O)N(C)C)c4ccccc4)[nH]c(=O)c23)C1. The number of rotatable bonds is 4. The van der Waals surface area contributed by atoms with Crippen molar-refractivity contribution in [2.45, 2.75) is 36.6 Å². The molecule has 0 aliphatic heterocycles. The van der Waals surface area contributed by atoms with Gasteiger partial charge in [-0.05, 0) is 36.3 Å². The first-order chi connectivity index (χ1) is 13.4. The summed E-state index contributed by atoms with van der Waals surface area (Å²) in [6, 6.07) is 9.62. The van der Waals surface area contributed by atoms with Crippen LogP contribution in [-0.2, 0) is 17.6 Å². The normalized spacial score (nSPS) is 17.3. The van der Waals surface area contributed by atoms with E-state index in [2.05, 4.69) is 11.9 Å². The number of likely N-dealkylation sites (N-methyl/N-ethyl adjacent to an activating group) is 1. The molecule has 0 unspecified atom stereocenters. The van der Waals surface area contributed by atoms with Crippen LogP contribution in [0.3, 0.4) is 0 Å². The van der Waals surface area contributed by atoms with E-state index in [0.29, 0.717) is 11.1 Å². The number of thioether (sulfide) groups is 1. The van der Waals surface area contributed by atoms with E-state index in [9.17, 15) is 9.59 Å². The number of thiophene rings is 1. The van der Waals surface area contributed by atoms with Gasteiger partial charge >= 0.3 is 0 Å². The highest BCUT2D eigenvalue weighted by Crippen LogP contribution is 2.38. The fourth-order valence-corrected chi connectivity index (χ4v) is 6.18. The van der Waals surface area contributed by atoms with Crippen molar-refractivity contribution in [1.82, 2.24) is 14.9 Å². The molecule has 0 bridgehead atoms. The Morgan fingerprint density at radius 1 is 1.32 bits per heavy atom. The Bertz CT molecular complexity index is 1070. The molecule has 0 saturated heterocycles. The fraction of sp³-hybridized carbons (Fsp3) is 0.381. The number of hydrogen-bond acceptors (Lipinski definition) is 5. The molecule has 3 aromatic rings. The van der Waals surface area contributed by atoms with Crippen molar-refractivity contribution >= 4 is 39.2 Å². The molecule has 2 atom stereocenters. The highest BCUT2D eigenvalue weighted by atomic mass is 32.2. The zero-order chi connectivity index (χ0) is 19.8. The Morgan fingerprint density at radius 2 is 2.07 bits per heavy atom. The van der Waals surface area contributed by atoms with E-state index in [4.69, 9.17) is 4.98 Å². The second kappa shape index (κ2) is 7.72. The summed E-state index contributed by atoms with van der Waals surface area (Å²) in [5.74, 6) is 0.618. The number of H-pyrrole nitrogens is 1. The molecule has 0 spiro atoms. The van der Waals surface area contributed by atoms with Crippen LogP contribution < -0.4 is 5.56 Å². The van der Waals surface area contributed by atoms with Gasteiger partial charge in [0, 0.05) is 19.0 Å². The lowest BCUT2D eigenvalue weighted by molar-refractivity contribution is -0.128.